The summed E-state index contributed by atoms with van der Waals surface area (Å²) in [4.78, 5) is 14.0. The molecule has 0 aromatic heterocycles. The highest BCUT2D eigenvalue weighted by molar-refractivity contribution is 6.37. The summed E-state index contributed by atoms with van der Waals surface area (Å²) in [5.74, 6) is -0.140. The zero-order valence-corrected chi connectivity index (χ0v) is 14.6. The second-order valence-corrected chi connectivity index (χ2v) is 6.31. The molecule has 2 aliphatic rings. The van der Waals surface area contributed by atoms with Crippen LogP contribution < -0.4 is 0 Å². The zero-order chi connectivity index (χ0) is 18.0. The molecule has 0 saturated carbocycles. The molecule has 0 radical (unpaired) electrons. The van der Waals surface area contributed by atoms with Gasteiger partial charge in [-0.3, -0.25) is 9.69 Å². The summed E-state index contributed by atoms with van der Waals surface area (Å²) in [5, 5.41) is 19.1. The van der Waals surface area contributed by atoms with E-state index < -0.39 is 0 Å². The summed E-state index contributed by atoms with van der Waals surface area (Å²) >= 11 is 11.8. The normalized spacial score (nSPS) is 16.8. The Hall–Kier alpha value is -2.21. The van der Waals surface area contributed by atoms with Gasteiger partial charge in [0.15, 0.2) is 5.75 Å². The van der Waals surface area contributed by atoms with Crippen molar-refractivity contribution in [2.24, 2.45) is 0 Å². The van der Waals surface area contributed by atoms with Crippen LogP contribution in [-0.2, 0) is 4.74 Å². The molecule has 0 unspecified atom stereocenters. The summed E-state index contributed by atoms with van der Waals surface area (Å²) in [6.07, 6.45) is 9.81. The topological polar surface area (TPSA) is 70.0 Å². The molecule has 0 spiro atoms. The van der Waals surface area contributed by atoms with Gasteiger partial charge in [-0.05, 0) is 30.5 Å². The van der Waals surface area contributed by atoms with E-state index in [0.29, 0.717) is 12.2 Å². The molecular formula is C18H15Cl2NO4. The van der Waals surface area contributed by atoms with Gasteiger partial charge in [0.1, 0.15) is 12.0 Å². The van der Waals surface area contributed by atoms with Crippen molar-refractivity contribution in [1.82, 2.24) is 4.90 Å². The first-order valence-corrected chi connectivity index (χ1v) is 8.32. The Morgan fingerprint density at radius 2 is 2.00 bits per heavy atom. The lowest BCUT2D eigenvalue weighted by molar-refractivity contribution is 0.0855. The van der Waals surface area contributed by atoms with Crippen LogP contribution in [0.3, 0.4) is 0 Å². The van der Waals surface area contributed by atoms with Crippen LogP contribution in [0.1, 0.15) is 23.2 Å². The lowest BCUT2D eigenvalue weighted by atomic mass is 9.96. The fraction of sp³-hybridized carbons (Fsp3) is 0.167. The van der Waals surface area contributed by atoms with E-state index in [-0.39, 0.29) is 33.9 Å². The average Bonchev–Trinajstić information content (AvgIpc) is 2.65. The molecule has 0 atom stereocenters. The fourth-order valence-corrected chi connectivity index (χ4v) is 3.11. The number of aromatic hydroxyl groups is 1. The molecule has 7 heteroatoms. The average molecular weight is 380 g/mol. The second-order valence-electron chi connectivity index (χ2n) is 5.50. The molecule has 1 heterocycles. The highest BCUT2D eigenvalue weighted by atomic mass is 35.5. The number of phenolic OH excluding ortho intramolecular Hbond substituents is 1. The number of nitrogens with zero attached hydrogens (tertiary/aromatic N) is 1. The predicted octanol–water partition coefficient (Wildman–Crippen LogP) is 4.12. The summed E-state index contributed by atoms with van der Waals surface area (Å²) in [7, 11) is 0. The molecule has 1 aromatic rings. The Labute approximate surface area is 154 Å². The van der Waals surface area contributed by atoms with E-state index in [4.69, 9.17) is 27.9 Å². The van der Waals surface area contributed by atoms with Gasteiger partial charge in [-0.2, -0.15) is 0 Å². The molecular weight excluding hydrogens is 365 g/mol. The van der Waals surface area contributed by atoms with Crippen molar-refractivity contribution in [2.75, 3.05) is 6.61 Å². The van der Waals surface area contributed by atoms with E-state index in [0.717, 1.165) is 17.6 Å². The molecule has 0 fully saturated rings. The van der Waals surface area contributed by atoms with Gasteiger partial charge in [0.25, 0.3) is 5.91 Å². The predicted molar refractivity (Wildman–Crippen MR) is 95.1 cm³/mol. The van der Waals surface area contributed by atoms with Crippen molar-refractivity contribution in [2.45, 2.75) is 12.8 Å². The molecule has 5 nitrogen and oxygen atoms in total. The van der Waals surface area contributed by atoms with Gasteiger partial charge < -0.3 is 14.9 Å². The first-order valence-electron chi connectivity index (χ1n) is 7.57. The van der Waals surface area contributed by atoms with Crippen molar-refractivity contribution in [3.05, 3.63) is 75.5 Å². The molecule has 0 bridgehead atoms. The quantitative estimate of drug-likeness (QED) is 0.828. The van der Waals surface area contributed by atoms with Crippen LogP contribution >= 0.6 is 23.2 Å². The highest BCUT2D eigenvalue weighted by Crippen LogP contribution is 2.34. The first-order chi connectivity index (χ1) is 12.0. The van der Waals surface area contributed by atoms with Crippen LogP contribution in [0.15, 0.2) is 59.9 Å². The number of hydrogen-bond acceptors (Lipinski definition) is 4. The molecule has 0 saturated heterocycles. The smallest absolute Gasteiger partial charge is 0.262 e. The van der Waals surface area contributed by atoms with Crippen molar-refractivity contribution < 1.29 is 19.7 Å². The number of aliphatic hydroxyl groups excluding tert-OH is 1. The number of aliphatic hydroxyl groups is 1. The minimum absolute atomic E-state index is 0.0000140. The number of carbonyl (C=O) groups is 1. The number of rotatable bonds is 3. The largest absolute Gasteiger partial charge is 0.505 e. The Bertz CT molecular complexity index is 816. The molecule has 1 aromatic carbocycles. The van der Waals surface area contributed by atoms with Crippen LogP contribution in [0, 0.1) is 0 Å². The highest BCUT2D eigenvalue weighted by Gasteiger charge is 2.22. The molecule has 1 aliphatic heterocycles. The third-order valence-electron chi connectivity index (χ3n) is 3.91. The van der Waals surface area contributed by atoms with E-state index in [1.165, 1.54) is 29.5 Å². The molecule has 2 N–H and O–H groups in total. The minimum Gasteiger partial charge on any atom is -0.505 e. The Balaban J connectivity index is 1.92. The van der Waals surface area contributed by atoms with Crippen LogP contribution in [-0.4, -0.2) is 27.6 Å². The molecule has 1 aliphatic carbocycles. The number of phenols is 1. The lowest BCUT2D eigenvalue weighted by Crippen LogP contribution is -2.23. The lowest BCUT2D eigenvalue weighted by Gasteiger charge is -2.23. The Morgan fingerprint density at radius 3 is 2.68 bits per heavy atom. The number of carbonyl (C=O) groups excluding carboxylic acids is 1. The fourth-order valence-electron chi connectivity index (χ4n) is 2.63. The number of ether oxygens (including phenoxy) is 1. The van der Waals surface area contributed by atoms with Gasteiger partial charge in [0.05, 0.1) is 22.9 Å². The number of halogens is 2. The van der Waals surface area contributed by atoms with Crippen LogP contribution in [0.4, 0.5) is 0 Å². The van der Waals surface area contributed by atoms with Gasteiger partial charge in [-0.25, -0.2) is 0 Å². The zero-order valence-electron chi connectivity index (χ0n) is 13.1. The maximum atomic E-state index is 12.7. The minimum atomic E-state index is -0.377. The maximum Gasteiger partial charge on any atom is 0.262 e. The SMILES string of the molecule is O=C(c1cc(Cl)c(O)c(Cl)c1)N1C=COC(C2=C(CO)C=CCC2)=C1. The van der Waals surface area contributed by atoms with Gasteiger partial charge in [-0.1, -0.05) is 35.4 Å². The van der Waals surface area contributed by atoms with Crippen LogP contribution in [0.5, 0.6) is 5.75 Å². The summed E-state index contributed by atoms with van der Waals surface area (Å²) in [6.45, 7) is -0.104. The van der Waals surface area contributed by atoms with Crippen molar-refractivity contribution in [3.63, 3.8) is 0 Å². The number of allylic oxidation sites excluding steroid dienone is 2. The van der Waals surface area contributed by atoms with Crippen molar-refractivity contribution in [3.8, 4) is 5.75 Å². The standard InChI is InChI=1S/C18H15Cl2NO4/c19-14-7-12(8-15(20)17(14)23)18(24)21-5-6-25-16(9-21)13-4-2-1-3-11(13)10-22/h1,3,5-9,22-23H,2,4,10H2. The van der Waals surface area contributed by atoms with E-state index in [2.05, 4.69) is 0 Å². The summed E-state index contributed by atoms with van der Waals surface area (Å²) in [5.41, 5.74) is 1.85. The first kappa shape index (κ1) is 17.6. The van der Waals surface area contributed by atoms with Crippen molar-refractivity contribution >= 4 is 29.1 Å². The van der Waals surface area contributed by atoms with Gasteiger partial charge in [0, 0.05) is 17.3 Å². The van der Waals surface area contributed by atoms with E-state index >= 15 is 0 Å². The third-order valence-corrected chi connectivity index (χ3v) is 4.48. The molecule has 130 valence electrons. The Kier molecular flexibility index (Phi) is 5.18. The number of benzene rings is 1. The number of amides is 1. The monoisotopic (exact) mass is 379 g/mol. The van der Waals surface area contributed by atoms with E-state index in [1.54, 1.807) is 6.20 Å². The Morgan fingerprint density at radius 1 is 1.28 bits per heavy atom. The van der Waals surface area contributed by atoms with E-state index in [9.17, 15) is 15.0 Å². The maximum absolute atomic E-state index is 12.7. The summed E-state index contributed by atoms with van der Waals surface area (Å²) in [6, 6.07) is 2.70. The van der Waals surface area contributed by atoms with Gasteiger partial charge in [-0.15, -0.1) is 0 Å². The van der Waals surface area contributed by atoms with E-state index in [1.807, 2.05) is 12.2 Å². The van der Waals surface area contributed by atoms with Crippen LogP contribution in [0.2, 0.25) is 10.0 Å². The molecule has 25 heavy (non-hydrogen) atoms. The number of hydrogen-bond donors (Lipinski definition) is 2. The molecule has 1 amide bonds. The van der Waals surface area contributed by atoms with Crippen LogP contribution in [0.25, 0.3) is 0 Å². The third kappa shape index (κ3) is 3.58. The van der Waals surface area contributed by atoms with Gasteiger partial charge in [0.2, 0.25) is 0 Å². The second kappa shape index (κ2) is 7.35. The van der Waals surface area contributed by atoms with Crippen molar-refractivity contribution in [1.29, 1.82) is 0 Å². The summed E-state index contributed by atoms with van der Waals surface area (Å²) < 4.78 is 5.52. The van der Waals surface area contributed by atoms with Gasteiger partial charge >= 0.3 is 0 Å². The molecule has 3 rings (SSSR count).